The van der Waals surface area contributed by atoms with Crippen molar-refractivity contribution in [1.29, 1.82) is 0 Å². The maximum absolute atomic E-state index is 12.2. The predicted octanol–water partition coefficient (Wildman–Crippen LogP) is 4.52. The number of anilines is 2. The van der Waals surface area contributed by atoms with Crippen molar-refractivity contribution in [3.8, 4) is 11.3 Å². The van der Waals surface area contributed by atoms with Gasteiger partial charge in [0.05, 0.1) is 11.2 Å². The van der Waals surface area contributed by atoms with Gasteiger partial charge in [-0.1, -0.05) is 29.8 Å². The van der Waals surface area contributed by atoms with Gasteiger partial charge in [0, 0.05) is 36.7 Å². The summed E-state index contributed by atoms with van der Waals surface area (Å²) >= 11 is 6.15. The molecule has 0 aliphatic heterocycles. The van der Waals surface area contributed by atoms with Crippen LogP contribution in [0, 0.1) is 0 Å². The maximum Gasteiger partial charge on any atom is 0.224 e. The molecule has 2 amide bonds. The highest BCUT2D eigenvalue weighted by molar-refractivity contribution is 6.33. The van der Waals surface area contributed by atoms with Gasteiger partial charge >= 0.3 is 0 Å². The van der Waals surface area contributed by atoms with Gasteiger partial charge in [0.1, 0.15) is 0 Å². The summed E-state index contributed by atoms with van der Waals surface area (Å²) in [6.45, 7) is 1.43. The zero-order valence-electron chi connectivity index (χ0n) is 14.7. The standard InChI is InChI=1S/C20H18ClN3O3/c1-13(25)23-14-5-4-6-15(11-14)24-19(26)9-10-20-22-12-18(27-20)16-7-2-3-8-17(16)21/h2-8,11-12H,9-10H2,1H3,(H,23,25)(H,24,26). The highest BCUT2D eigenvalue weighted by Crippen LogP contribution is 2.28. The smallest absolute Gasteiger partial charge is 0.224 e. The van der Waals surface area contributed by atoms with E-state index in [-0.39, 0.29) is 18.2 Å². The van der Waals surface area contributed by atoms with Crippen molar-refractivity contribution in [3.05, 3.63) is 65.6 Å². The van der Waals surface area contributed by atoms with E-state index < -0.39 is 0 Å². The van der Waals surface area contributed by atoms with Crippen molar-refractivity contribution in [2.45, 2.75) is 19.8 Å². The fourth-order valence-corrected chi connectivity index (χ4v) is 2.76. The van der Waals surface area contributed by atoms with Gasteiger partial charge in [-0.3, -0.25) is 9.59 Å². The van der Waals surface area contributed by atoms with E-state index in [0.29, 0.717) is 34.5 Å². The van der Waals surface area contributed by atoms with Gasteiger partial charge in [-0.05, 0) is 30.3 Å². The summed E-state index contributed by atoms with van der Waals surface area (Å²) < 4.78 is 5.69. The number of nitrogens with one attached hydrogen (secondary N) is 2. The number of hydrogen-bond donors (Lipinski definition) is 2. The highest BCUT2D eigenvalue weighted by Gasteiger charge is 2.11. The lowest BCUT2D eigenvalue weighted by atomic mass is 10.2. The van der Waals surface area contributed by atoms with Gasteiger partial charge in [0.15, 0.2) is 11.7 Å². The molecule has 0 bridgehead atoms. The van der Waals surface area contributed by atoms with E-state index in [1.165, 1.54) is 6.92 Å². The number of carbonyl (C=O) groups excluding carboxylic acids is 2. The molecule has 0 atom stereocenters. The Kier molecular flexibility index (Phi) is 5.88. The zero-order valence-corrected chi connectivity index (χ0v) is 15.4. The number of oxazole rings is 1. The summed E-state index contributed by atoms with van der Waals surface area (Å²) in [5.74, 6) is 0.690. The maximum atomic E-state index is 12.2. The highest BCUT2D eigenvalue weighted by atomic mass is 35.5. The molecule has 138 valence electrons. The van der Waals surface area contributed by atoms with Crippen LogP contribution in [0.2, 0.25) is 5.02 Å². The van der Waals surface area contributed by atoms with Crippen molar-refractivity contribution in [2.75, 3.05) is 10.6 Å². The number of amides is 2. The molecule has 0 saturated heterocycles. The summed E-state index contributed by atoms with van der Waals surface area (Å²) in [5.41, 5.74) is 1.99. The first-order valence-corrected chi connectivity index (χ1v) is 8.76. The SMILES string of the molecule is CC(=O)Nc1cccc(NC(=O)CCc2ncc(-c3ccccc3Cl)o2)c1. The Labute approximate surface area is 161 Å². The van der Waals surface area contributed by atoms with Gasteiger partial charge in [-0.15, -0.1) is 0 Å². The van der Waals surface area contributed by atoms with Crippen molar-refractivity contribution < 1.29 is 14.0 Å². The number of halogens is 1. The van der Waals surface area contributed by atoms with Crippen molar-refractivity contribution in [1.82, 2.24) is 4.98 Å². The minimum atomic E-state index is -0.174. The van der Waals surface area contributed by atoms with Gasteiger partial charge in [0.2, 0.25) is 11.8 Å². The molecule has 0 unspecified atom stereocenters. The second kappa shape index (κ2) is 8.51. The van der Waals surface area contributed by atoms with E-state index >= 15 is 0 Å². The monoisotopic (exact) mass is 383 g/mol. The number of hydrogen-bond acceptors (Lipinski definition) is 4. The Balaban J connectivity index is 1.57. The molecule has 27 heavy (non-hydrogen) atoms. The average Bonchev–Trinajstić information content (AvgIpc) is 3.09. The van der Waals surface area contributed by atoms with Crippen LogP contribution in [0.25, 0.3) is 11.3 Å². The molecule has 2 aromatic carbocycles. The van der Waals surface area contributed by atoms with Gasteiger partial charge < -0.3 is 15.1 Å². The van der Waals surface area contributed by atoms with Crippen LogP contribution in [0.4, 0.5) is 11.4 Å². The second-order valence-corrected chi connectivity index (χ2v) is 6.32. The molecule has 1 aromatic heterocycles. The lowest BCUT2D eigenvalue weighted by molar-refractivity contribution is -0.116. The summed E-state index contributed by atoms with van der Waals surface area (Å²) in [7, 11) is 0. The Morgan fingerprint density at radius 1 is 1.07 bits per heavy atom. The quantitative estimate of drug-likeness (QED) is 0.655. The minimum Gasteiger partial charge on any atom is -0.441 e. The molecule has 0 fully saturated rings. The van der Waals surface area contributed by atoms with Crippen LogP contribution in [-0.2, 0) is 16.0 Å². The van der Waals surface area contributed by atoms with Crippen LogP contribution < -0.4 is 10.6 Å². The molecule has 6 nitrogen and oxygen atoms in total. The van der Waals surface area contributed by atoms with Crippen LogP contribution in [0.3, 0.4) is 0 Å². The van der Waals surface area contributed by atoms with Crippen LogP contribution in [0.5, 0.6) is 0 Å². The molecule has 1 heterocycles. The number of benzene rings is 2. The molecule has 0 radical (unpaired) electrons. The third-order valence-electron chi connectivity index (χ3n) is 3.73. The third-order valence-corrected chi connectivity index (χ3v) is 4.06. The van der Waals surface area contributed by atoms with Crippen LogP contribution in [0.15, 0.2) is 59.1 Å². The summed E-state index contributed by atoms with van der Waals surface area (Å²) in [6.07, 6.45) is 2.18. The van der Waals surface area contributed by atoms with Crippen molar-refractivity contribution in [3.63, 3.8) is 0 Å². The first kappa shape index (κ1) is 18.7. The summed E-state index contributed by atoms with van der Waals surface area (Å²) in [5, 5.41) is 6.05. The molecular formula is C20H18ClN3O3. The fourth-order valence-electron chi connectivity index (χ4n) is 2.53. The molecule has 3 aromatic rings. The van der Waals surface area contributed by atoms with Crippen molar-refractivity contribution in [2.24, 2.45) is 0 Å². The average molecular weight is 384 g/mol. The number of aromatic nitrogens is 1. The molecule has 0 aliphatic carbocycles. The van der Waals surface area contributed by atoms with Crippen LogP contribution in [-0.4, -0.2) is 16.8 Å². The van der Waals surface area contributed by atoms with E-state index in [2.05, 4.69) is 15.6 Å². The van der Waals surface area contributed by atoms with E-state index in [9.17, 15) is 9.59 Å². The number of rotatable bonds is 6. The molecule has 0 saturated carbocycles. The van der Waals surface area contributed by atoms with Gasteiger partial charge in [-0.2, -0.15) is 0 Å². The first-order chi connectivity index (χ1) is 13.0. The number of carbonyl (C=O) groups is 2. The Morgan fingerprint density at radius 3 is 2.56 bits per heavy atom. The molecule has 2 N–H and O–H groups in total. The van der Waals surface area contributed by atoms with E-state index in [4.69, 9.17) is 16.0 Å². The fraction of sp³-hybridized carbons (Fsp3) is 0.150. The Hall–Kier alpha value is -3.12. The summed E-state index contributed by atoms with van der Waals surface area (Å²) in [6, 6.07) is 14.3. The van der Waals surface area contributed by atoms with Crippen LogP contribution in [0.1, 0.15) is 19.2 Å². The first-order valence-electron chi connectivity index (χ1n) is 8.38. The number of nitrogens with zero attached hydrogens (tertiary/aromatic N) is 1. The molecule has 3 rings (SSSR count). The zero-order chi connectivity index (χ0) is 19.2. The Bertz CT molecular complexity index is 968. The molecule has 0 aliphatic rings. The molecule has 7 heteroatoms. The van der Waals surface area contributed by atoms with Gasteiger partial charge in [-0.25, -0.2) is 4.98 Å². The lowest BCUT2D eigenvalue weighted by Crippen LogP contribution is -2.13. The predicted molar refractivity (Wildman–Crippen MR) is 105 cm³/mol. The normalized spacial score (nSPS) is 10.4. The lowest BCUT2D eigenvalue weighted by Gasteiger charge is -2.07. The molecule has 0 spiro atoms. The van der Waals surface area contributed by atoms with E-state index in [0.717, 1.165) is 5.56 Å². The minimum absolute atomic E-state index is 0.170. The topological polar surface area (TPSA) is 84.2 Å². The molecular weight excluding hydrogens is 366 g/mol. The van der Waals surface area contributed by atoms with Crippen molar-refractivity contribution >= 4 is 34.8 Å². The van der Waals surface area contributed by atoms with Gasteiger partial charge in [0.25, 0.3) is 0 Å². The second-order valence-electron chi connectivity index (χ2n) is 5.91. The van der Waals surface area contributed by atoms with Crippen LogP contribution >= 0.6 is 11.6 Å². The van der Waals surface area contributed by atoms with E-state index in [1.807, 2.05) is 18.2 Å². The largest absolute Gasteiger partial charge is 0.441 e. The Morgan fingerprint density at radius 2 is 1.81 bits per heavy atom. The number of aryl methyl sites for hydroxylation is 1. The van der Waals surface area contributed by atoms with E-state index in [1.54, 1.807) is 36.5 Å². The third kappa shape index (κ3) is 5.18. The summed E-state index contributed by atoms with van der Waals surface area (Å²) in [4.78, 5) is 27.5.